The summed E-state index contributed by atoms with van der Waals surface area (Å²) in [5.41, 5.74) is 1.14. The van der Waals surface area contributed by atoms with Crippen molar-refractivity contribution >= 4 is 23.3 Å². The Balaban J connectivity index is 1.99. The molecule has 1 saturated heterocycles. The Kier molecular flexibility index (Phi) is 3.56. The van der Waals surface area contributed by atoms with Crippen LogP contribution in [0.3, 0.4) is 0 Å². The number of amides is 3. The molecule has 98 valence electrons. The summed E-state index contributed by atoms with van der Waals surface area (Å²) in [5, 5.41) is 8.07. The smallest absolute Gasteiger partial charge is 0.315 e. The van der Waals surface area contributed by atoms with Crippen LogP contribution in [0.15, 0.2) is 6.07 Å². The molecule has 0 aromatic carbocycles. The van der Waals surface area contributed by atoms with E-state index in [-0.39, 0.29) is 18.0 Å². The predicted octanol–water partition coefficient (Wildman–Crippen LogP) is 1.22. The second-order valence-electron chi connectivity index (χ2n) is 4.51. The third-order valence-electron chi connectivity index (χ3n) is 2.99. The summed E-state index contributed by atoms with van der Waals surface area (Å²) in [6.45, 7) is 6.40. The maximum atomic E-state index is 11.9. The number of rotatable bonds is 3. The van der Waals surface area contributed by atoms with Crippen molar-refractivity contribution in [2.24, 2.45) is 0 Å². The first-order chi connectivity index (χ1) is 8.47. The first-order valence-corrected chi connectivity index (χ1v) is 6.70. The van der Waals surface area contributed by atoms with Crippen molar-refractivity contribution in [3.8, 4) is 0 Å². The lowest BCUT2D eigenvalue weighted by Crippen LogP contribution is -2.43. The van der Waals surface area contributed by atoms with Crippen molar-refractivity contribution in [2.45, 2.75) is 32.9 Å². The van der Waals surface area contributed by atoms with Gasteiger partial charge in [0.05, 0.1) is 6.04 Å². The summed E-state index contributed by atoms with van der Waals surface area (Å²) in [6.07, 6.45) is 0. The van der Waals surface area contributed by atoms with Crippen molar-refractivity contribution in [1.82, 2.24) is 16.0 Å². The van der Waals surface area contributed by atoms with Gasteiger partial charge in [-0.05, 0) is 32.4 Å². The van der Waals surface area contributed by atoms with Gasteiger partial charge in [-0.3, -0.25) is 4.79 Å². The van der Waals surface area contributed by atoms with Crippen LogP contribution in [0, 0.1) is 13.8 Å². The molecular weight excluding hydrogens is 250 g/mol. The van der Waals surface area contributed by atoms with Crippen LogP contribution in [0.25, 0.3) is 0 Å². The van der Waals surface area contributed by atoms with Gasteiger partial charge >= 0.3 is 6.03 Å². The number of hydrogen-bond acceptors (Lipinski definition) is 3. The number of nitrogens with one attached hydrogen (secondary N) is 3. The maximum absolute atomic E-state index is 11.9. The van der Waals surface area contributed by atoms with Crippen LogP contribution in [0.2, 0.25) is 0 Å². The minimum Gasteiger partial charge on any atom is -0.348 e. The summed E-state index contributed by atoms with van der Waals surface area (Å²) >= 11 is 1.72. The lowest BCUT2D eigenvalue weighted by molar-refractivity contribution is -0.123. The molecule has 1 aliphatic heterocycles. The van der Waals surface area contributed by atoms with Gasteiger partial charge in [-0.2, -0.15) is 0 Å². The Morgan fingerprint density at radius 2 is 2.28 bits per heavy atom. The van der Waals surface area contributed by atoms with Gasteiger partial charge in [0.2, 0.25) is 5.91 Å². The molecule has 0 bridgehead atoms. The van der Waals surface area contributed by atoms with Crippen LogP contribution >= 0.6 is 11.3 Å². The van der Waals surface area contributed by atoms with E-state index in [4.69, 9.17) is 0 Å². The van der Waals surface area contributed by atoms with Crippen LogP contribution in [-0.4, -0.2) is 24.5 Å². The van der Waals surface area contributed by atoms with Gasteiger partial charge in [0, 0.05) is 16.3 Å². The minimum atomic E-state index is -0.472. The van der Waals surface area contributed by atoms with Gasteiger partial charge in [-0.25, -0.2) is 4.79 Å². The topological polar surface area (TPSA) is 70.2 Å². The predicted molar refractivity (Wildman–Crippen MR) is 70.7 cm³/mol. The highest BCUT2D eigenvalue weighted by Gasteiger charge is 2.27. The molecule has 2 heterocycles. The van der Waals surface area contributed by atoms with E-state index in [0.29, 0.717) is 6.54 Å². The molecule has 0 radical (unpaired) electrons. The Bertz CT molecular complexity index is 484. The molecule has 3 amide bonds. The summed E-state index contributed by atoms with van der Waals surface area (Å²) < 4.78 is 0. The molecule has 2 atom stereocenters. The highest BCUT2D eigenvalue weighted by molar-refractivity contribution is 7.12. The van der Waals surface area contributed by atoms with E-state index < -0.39 is 6.04 Å². The van der Waals surface area contributed by atoms with Crippen LogP contribution < -0.4 is 16.0 Å². The Morgan fingerprint density at radius 3 is 2.78 bits per heavy atom. The van der Waals surface area contributed by atoms with Crippen LogP contribution in [-0.2, 0) is 4.79 Å². The Hall–Kier alpha value is -1.56. The van der Waals surface area contributed by atoms with Crippen molar-refractivity contribution in [2.75, 3.05) is 6.54 Å². The molecule has 1 aliphatic rings. The monoisotopic (exact) mass is 267 g/mol. The number of carbonyl (C=O) groups excluding carboxylic acids is 2. The number of hydrogen-bond donors (Lipinski definition) is 3. The van der Waals surface area contributed by atoms with E-state index in [9.17, 15) is 9.59 Å². The summed E-state index contributed by atoms with van der Waals surface area (Å²) in [4.78, 5) is 25.4. The van der Waals surface area contributed by atoms with E-state index in [1.165, 1.54) is 9.75 Å². The fourth-order valence-corrected chi connectivity index (χ4v) is 3.11. The molecule has 0 aliphatic carbocycles. The van der Waals surface area contributed by atoms with Crippen molar-refractivity contribution in [3.63, 3.8) is 0 Å². The fraction of sp³-hybridized carbons (Fsp3) is 0.500. The second-order valence-corrected chi connectivity index (χ2v) is 5.97. The highest BCUT2D eigenvalue weighted by Crippen LogP contribution is 2.26. The number of carbonyl (C=O) groups is 2. The standard InChI is InChI=1S/C12H17N3O2S/c1-6-4-9(8(3)18-6)7(2)14-11(16)10-5-13-12(17)15-10/h4,7,10H,5H2,1-3H3,(H,14,16)(H2,13,15,17)/t7-,10+/m1/s1. The van der Waals surface area contributed by atoms with Crippen molar-refractivity contribution in [1.29, 1.82) is 0 Å². The van der Waals surface area contributed by atoms with E-state index >= 15 is 0 Å². The van der Waals surface area contributed by atoms with E-state index in [1.807, 2.05) is 6.92 Å². The normalized spacial score (nSPS) is 20.2. The minimum absolute atomic E-state index is 0.0417. The number of aryl methyl sites for hydroxylation is 2. The molecule has 1 aromatic heterocycles. The van der Waals surface area contributed by atoms with Crippen LogP contribution in [0.5, 0.6) is 0 Å². The van der Waals surface area contributed by atoms with E-state index in [2.05, 4.69) is 35.9 Å². The van der Waals surface area contributed by atoms with Crippen LogP contribution in [0.1, 0.15) is 28.3 Å². The summed E-state index contributed by atoms with van der Waals surface area (Å²) in [7, 11) is 0. The number of thiophene rings is 1. The Labute approximate surface area is 110 Å². The van der Waals surface area contributed by atoms with Gasteiger partial charge in [-0.1, -0.05) is 0 Å². The molecule has 2 rings (SSSR count). The van der Waals surface area contributed by atoms with Gasteiger partial charge in [-0.15, -0.1) is 11.3 Å². The van der Waals surface area contributed by atoms with E-state index in [1.54, 1.807) is 11.3 Å². The molecule has 6 heteroatoms. The molecule has 0 unspecified atom stereocenters. The zero-order valence-corrected chi connectivity index (χ0v) is 11.5. The summed E-state index contributed by atoms with van der Waals surface area (Å²) in [5.74, 6) is -0.149. The average Bonchev–Trinajstić information content (AvgIpc) is 2.84. The molecule has 3 N–H and O–H groups in total. The van der Waals surface area contributed by atoms with E-state index in [0.717, 1.165) is 5.56 Å². The largest absolute Gasteiger partial charge is 0.348 e. The van der Waals surface area contributed by atoms with Gasteiger partial charge in [0.15, 0.2) is 0 Å². The highest BCUT2D eigenvalue weighted by atomic mass is 32.1. The van der Waals surface area contributed by atoms with Gasteiger partial charge < -0.3 is 16.0 Å². The third-order valence-corrected chi connectivity index (χ3v) is 3.97. The fourth-order valence-electron chi connectivity index (χ4n) is 2.09. The zero-order chi connectivity index (χ0) is 13.3. The Morgan fingerprint density at radius 1 is 1.56 bits per heavy atom. The maximum Gasteiger partial charge on any atom is 0.315 e. The van der Waals surface area contributed by atoms with Gasteiger partial charge in [0.25, 0.3) is 0 Å². The quantitative estimate of drug-likeness (QED) is 0.770. The number of urea groups is 1. The SMILES string of the molecule is Cc1cc([C@@H](C)NC(=O)[C@@H]2CNC(=O)N2)c(C)s1. The van der Waals surface area contributed by atoms with Crippen molar-refractivity contribution < 1.29 is 9.59 Å². The molecular formula is C12H17N3O2S. The molecule has 5 nitrogen and oxygen atoms in total. The molecule has 0 saturated carbocycles. The average molecular weight is 267 g/mol. The van der Waals surface area contributed by atoms with Gasteiger partial charge in [0.1, 0.15) is 6.04 Å². The lowest BCUT2D eigenvalue weighted by atomic mass is 10.1. The van der Waals surface area contributed by atoms with Crippen molar-refractivity contribution in [3.05, 3.63) is 21.4 Å². The zero-order valence-electron chi connectivity index (χ0n) is 10.7. The second kappa shape index (κ2) is 4.97. The molecule has 0 spiro atoms. The first kappa shape index (κ1) is 12.9. The lowest BCUT2D eigenvalue weighted by Gasteiger charge is -2.16. The summed E-state index contributed by atoms with van der Waals surface area (Å²) in [6, 6.07) is 1.29. The third kappa shape index (κ3) is 2.64. The molecule has 1 fully saturated rings. The first-order valence-electron chi connectivity index (χ1n) is 5.89. The van der Waals surface area contributed by atoms with Crippen LogP contribution in [0.4, 0.5) is 4.79 Å². The molecule has 18 heavy (non-hydrogen) atoms. The molecule has 1 aromatic rings.